The molecule has 0 aliphatic carbocycles. The van der Waals surface area contributed by atoms with E-state index in [9.17, 15) is 19.5 Å². The van der Waals surface area contributed by atoms with Gasteiger partial charge >= 0.3 is 12.1 Å². The average molecular weight is 329 g/mol. The van der Waals surface area contributed by atoms with E-state index in [1.54, 1.807) is 50.3 Å². The topological polar surface area (TPSA) is 83.9 Å². The van der Waals surface area contributed by atoms with Crippen molar-refractivity contribution in [3.63, 3.8) is 0 Å². The van der Waals surface area contributed by atoms with Gasteiger partial charge in [0, 0.05) is 29.5 Å². The molecule has 0 bridgehead atoms. The van der Waals surface area contributed by atoms with Crippen molar-refractivity contribution in [2.75, 3.05) is 7.11 Å². The van der Waals surface area contributed by atoms with Gasteiger partial charge in [-0.25, -0.2) is 4.79 Å². The third-order valence-electron chi connectivity index (χ3n) is 4.06. The Balaban J connectivity index is 2.49. The molecule has 24 heavy (non-hydrogen) atoms. The molecule has 1 aromatic carbocycles. The van der Waals surface area contributed by atoms with Crippen molar-refractivity contribution in [2.45, 2.75) is 13.8 Å². The van der Waals surface area contributed by atoms with Crippen molar-refractivity contribution in [1.29, 1.82) is 0 Å². The number of benzene rings is 1. The Morgan fingerprint density at radius 1 is 1.17 bits per heavy atom. The van der Waals surface area contributed by atoms with Crippen LogP contribution in [-0.2, 0) is 9.53 Å². The number of amides is 1. The molecule has 1 aliphatic rings. The smallest absolute Gasteiger partial charge is 0.417 e. The number of rotatable bonds is 4. The summed E-state index contributed by atoms with van der Waals surface area (Å²) in [5.74, 6) is -2.03. The lowest BCUT2D eigenvalue weighted by Crippen LogP contribution is -2.38. The molecule has 2 rings (SSSR count). The lowest BCUT2D eigenvalue weighted by Gasteiger charge is -2.33. The maximum Gasteiger partial charge on any atom is 0.417 e. The van der Waals surface area contributed by atoms with Gasteiger partial charge < -0.3 is 9.84 Å². The summed E-state index contributed by atoms with van der Waals surface area (Å²) in [4.78, 5) is 37.4. The number of aliphatic carboxylic acids is 1. The van der Waals surface area contributed by atoms with Crippen molar-refractivity contribution in [1.82, 2.24) is 4.90 Å². The van der Waals surface area contributed by atoms with Crippen LogP contribution in [0, 0.1) is 11.3 Å². The van der Waals surface area contributed by atoms with Crippen LogP contribution in [0.15, 0.2) is 54.4 Å². The minimum absolute atomic E-state index is 0.224. The first-order chi connectivity index (χ1) is 11.3. The summed E-state index contributed by atoms with van der Waals surface area (Å²) in [7, 11) is 1.23. The monoisotopic (exact) mass is 329 g/mol. The van der Waals surface area contributed by atoms with Crippen LogP contribution in [0.4, 0.5) is 4.79 Å². The number of carboxylic acids is 1. The molecule has 1 amide bonds. The zero-order valence-corrected chi connectivity index (χ0v) is 13.7. The standard InChI is InChI=1S/C18H19NO5/c1-18(2,16(21)22)14-9-10-19(17(23)24-3)11-13(14)15(20)12-7-5-4-6-8-12/h4-11,14H,1-3H3,(H,21,22). The SMILES string of the molecule is COC(=O)N1C=CC(C(C)(C)C(=O)O)C(C(=O)c2ccccc2)=C1. The highest BCUT2D eigenvalue weighted by atomic mass is 16.5. The third kappa shape index (κ3) is 3.22. The van der Waals surface area contributed by atoms with Crippen LogP contribution in [0.3, 0.4) is 0 Å². The molecular weight excluding hydrogens is 310 g/mol. The molecule has 0 saturated carbocycles. The molecule has 0 spiro atoms. The first kappa shape index (κ1) is 17.5. The van der Waals surface area contributed by atoms with Crippen LogP contribution in [0.1, 0.15) is 24.2 Å². The number of carbonyl (C=O) groups is 3. The molecule has 6 nitrogen and oxygen atoms in total. The Bertz CT molecular complexity index is 718. The first-order valence-electron chi connectivity index (χ1n) is 7.38. The number of hydrogen-bond acceptors (Lipinski definition) is 4. The summed E-state index contributed by atoms with van der Waals surface area (Å²) in [6, 6.07) is 8.53. The molecule has 0 saturated heterocycles. The van der Waals surface area contributed by atoms with E-state index in [0.29, 0.717) is 5.56 Å². The molecule has 126 valence electrons. The van der Waals surface area contributed by atoms with Crippen LogP contribution in [0.5, 0.6) is 0 Å². The van der Waals surface area contributed by atoms with Gasteiger partial charge in [0.1, 0.15) is 0 Å². The highest BCUT2D eigenvalue weighted by Gasteiger charge is 2.41. The third-order valence-corrected chi connectivity index (χ3v) is 4.06. The molecule has 0 fully saturated rings. The Labute approximate surface area is 140 Å². The molecule has 1 N–H and O–H groups in total. The van der Waals surface area contributed by atoms with Gasteiger partial charge in [0.05, 0.1) is 12.5 Å². The molecule has 0 radical (unpaired) electrons. The van der Waals surface area contributed by atoms with Crippen molar-refractivity contribution < 1.29 is 24.2 Å². The Kier molecular flexibility index (Phi) is 4.87. The normalized spacial score (nSPS) is 17.2. The van der Waals surface area contributed by atoms with E-state index >= 15 is 0 Å². The largest absolute Gasteiger partial charge is 0.481 e. The van der Waals surface area contributed by atoms with E-state index in [1.807, 2.05) is 0 Å². The average Bonchev–Trinajstić information content (AvgIpc) is 2.60. The second-order valence-electron chi connectivity index (χ2n) is 6.00. The molecule has 1 aliphatic heterocycles. The van der Waals surface area contributed by atoms with Gasteiger partial charge in [0.15, 0.2) is 5.78 Å². The van der Waals surface area contributed by atoms with Crippen molar-refractivity contribution in [3.8, 4) is 0 Å². The van der Waals surface area contributed by atoms with Crippen LogP contribution in [0.25, 0.3) is 0 Å². The van der Waals surface area contributed by atoms with E-state index in [2.05, 4.69) is 4.74 Å². The highest BCUT2D eigenvalue weighted by Crippen LogP contribution is 2.38. The van der Waals surface area contributed by atoms with Crippen LogP contribution >= 0.6 is 0 Å². The van der Waals surface area contributed by atoms with Crippen LogP contribution in [0.2, 0.25) is 0 Å². The number of carbonyl (C=O) groups excluding carboxylic acids is 2. The van der Waals surface area contributed by atoms with E-state index in [4.69, 9.17) is 0 Å². The van der Waals surface area contributed by atoms with Crippen LogP contribution in [-0.4, -0.2) is 35.0 Å². The number of nitrogens with zero attached hydrogens (tertiary/aromatic N) is 1. The van der Waals surface area contributed by atoms with Gasteiger partial charge in [0.25, 0.3) is 0 Å². The number of allylic oxidation sites excluding steroid dienone is 2. The summed E-state index contributed by atoms with van der Waals surface area (Å²) in [6.45, 7) is 3.09. The number of methoxy groups -OCH3 is 1. The van der Waals surface area contributed by atoms with E-state index < -0.39 is 23.4 Å². The second-order valence-corrected chi connectivity index (χ2v) is 6.00. The van der Waals surface area contributed by atoms with E-state index in [1.165, 1.54) is 19.5 Å². The summed E-state index contributed by atoms with van der Waals surface area (Å²) >= 11 is 0. The molecule has 0 aromatic heterocycles. The summed E-state index contributed by atoms with van der Waals surface area (Å²) in [5, 5.41) is 9.51. The molecule has 1 aromatic rings. The fourth-order valence-corrected chi connectivity index (χ4v) is 2.49. The first-order valence-corrected chi connectivity index (χ1v) is 7.38. The minimum atomic E-state index is -1.21. The molecule has 1 heterocycles. The Morgan fingerprint density at radius 3 is 2.33 bits per heavy atom. The highest BCUT2D eigenvalue weighted by molar-refractivity contribution is 6.10. The number of ketones is 1. The molecule has 1 unspecified atom stereocenters. The van der Waals surface area contributed by atoms with Gasteiger partial charge in [-0.05, 0) is 13.8 Å². The fraction of sp³-hybridized carbons (Fsp3) is 0.278. The predicted octanol–water partition coefficient (Wildman–Crippen LogP) is 3.08. The van der Waals surface area contributed by atoms with Crippen molar-refractivity contribution in [3.05, 3.63) is 59.9 Å². The maximum atomic E-state index is 12.9. The fourth-order valence-electron chi connectivity index (χ4n) is 2.49. The maximum absolute atomic E-state index is 12.9. The molecule has 6 heteroatoms. The minimum Gasteiger partial charge on any atom is -0.481 e. The number of hydrogen-bond donors (Lipinski definition) is 1. The second kappa shape index (κ2) is 6.70. The van der Waals surface area contributed by atoms with Gasteiger partial charge in [-0.3, -0.25) is 14.5 Å². The van der Waals surface area contributed by atoms with Crippen molar-refractivity contribution >= 4 is 17.8 Å². The number of Topliss-reactive ketones (excluding diaryl/α,β-unsaturated/α-hetero) is 1. The van der Waals surface area contributed by atoms with Gasteiger partial charge in [-0.2, -0.15) is 0 Å². The zero-order chi connectivity index (χ0) is 17.9. The Hall–Kier alpha value is -2.89. The van der Waals surface area contributed by atoms with E-state index in [0.717, 1.165) is 4.90 Å². The molecule has 1 atom stereocenters. The Morgan fingerprint density at radius 2 is 1.79 bits per heavy atom. The number of ether oxygens (including phenoxy) is 1. The van der Waals surface area contributed by atoms with Crippen LogP contribution < -0.4 is 0 Å². The zero-order valence-electron chi connectivity index (χ0n) is 13.7. The summed E-state index contributed by atoms with van der Waals surface area (Å²) in [6.07, 6.45) is 3.65. The quantitative estimate of drug-likeness (QED) is 0.858. The van der Waals surface area contributed by atoms with Gasteiger partial charge in [0.2, 0.25) is 0 Å². The predicted molar refractivity (Wildman–Crippen MR) is 87.1 cm³/mol. The van der Waals surface area contributed by atoms with E-state index in [-0.39, 0.29) is 11.4 Å². The number of carboxylic acid groups (broad SMARTS) is 1. The van der Waals surface area contributed by atoms with Crippen molar-refractivity contribution in [2.24, 2.45) is 11.3 Å². The summed E-state index contributed by atoms with van der Waals surface area (Å²) in [5.41, 5.74) is -0.564. The van der Waals surface area contributed by atoms with Gasteiger partial charge in [-0.1, -0.05) is 36.4 Å². The van der Waals surface area contributed by atoms with Gasteiger partial charge in [-0.15, -0.1) is 0 Å². The summed E-state index contributed by atoms with van der Waals surface area (Å²) < 4.78 is 4.66. The molecular formula is C18H19NO5. The lowest BCUT2D eigenvalue weighted by atomic mass is 9.72. The lowest BCUT2D eigenvalue weighted by molar-refractivity contribution is -0.148.